The molecule has 123 heavy (non-hydrogen) atoms. The molecule has 11 atom stereocenters. The SMILES string of the molecule is CC[C@H](C)[C@@H](CO)NC(=O)[C@H](CCC(N)=O)NC(=O)C(C)(C)NC(=O)C(C)(C)NC(=O)[C@H](CC(C)C)NC(=O)[C@H]1CCCN1C(=O)C(C)(C)NC(=O)[C@@](C)(CC)NC(=O)[C@@H](C)NC(=O)C(C)(C)NC(=O)[C@H](CC(C)C)NC(=O)C(C)(C)NC(=O)[C@H](CCC(N)=O)NC(=O)C(C)(C)NC(=O)C(C)(C)NC(=O)[C@@H](C)NC(=O)[C@@H](CO)NC(=O)C(C)(C)NC(C)=O. The summed E-state index contributed by atoms with van der Waals surface area (Å²) in [4.78, 5) is 273. The standard InChI is InChI=1S/C81H142N20O22/c1-28-43(7)51(39-102)87-58(109)47(32-34-54(82)105)88-67(118)76(17,18)99-70(121)79(23,24)96-61(112)49(37-41(3)4)86-63(114)53-31-30-36-101(53)72(123)80(25,26)100-71(122)81(27,29-2)97-57(108)45(9)85-64(115)74(13,14)95-62(113)50(38-42(5)6)90-66(117)75(15,16)94-60(111)48(33-35-55(83)106)89-68(119)77(19,20)98-69(120)78(21,22)93-56(107)44(8)84-59(110)52(40-103)91-65(116)73(11,12)92-46(10)104/h41-45,47-53,102-103H,28-40H2,1-27H3,(H2,82,105)(H2,83,106)(H,84,110)(H,85,115)(H,86,114)(H,87,109)(H,88,118)(H,89,119)(H,90,117)(H,91,116)(H,92,104)(H,93,107)(H,94,111)(H,95,113)(H,96,112)(H,97,108)(H,98,120)(H,99,121)(H,100,122)/t43-,44+,45+,47-,48-,49-,50-,51+,52+,53+,81+/m0/s1. The first kappa shape index (κ1) is 110. The third kappa shape index (κ3) is 34.2. The highest BCUT2D eigenvalue weighted by atomic mass is 16.3. The van der Waals surface area contributed by atoms with Gasteiger partial charge in [-0.3, -0.25) is 95.9 Å². The lowest BCUT2D eigenvalue weighted by molar-refractivity contribution is -0.146. The van der Waals surface area contributed by atoms with E-state index in [4.69, 9.17) is 11.5 Å². The second-order valence-corrected chi connectivity index (χ2v) is 37.1. The summed E-state index contributed by atoms with van der Waals surface area (Å²) in [5.41, 5.74) is -5.15. The Morgan fingerprint density at radius 2 is 0.699 bits per heavy atom. The van der Waals surface area contributed by atoms with Crippen LogP contribution in [0.15, 0.2) is 0 Å². The number of likely N-dealkylation sites (tertiary alicyclic amines) is 1. The number of primary amides is 2. The van der Waals surface area contributed by atoms with E-state index in [1.54, 1.807) is 34.6 Å². The van der Waals surface area contributed by atoms with Crippen molar-refractivity contribution in [2.75, 3.05) is 19.8 Å². The lowest BCUT2D eigenvalue weighted by Gasteiger charge is -2.37. The van der Waals surface area contributed by atoms with Crippen LogP contribution in [-0.4, -0.2) is 257 Å². The Morgan fingerprint density at radius 3 is 1.09 bits per heavy atom. The van der Waals surface area contributed by atoms with Gasteiger partial charge >= 0.3 is 0 Å². The molecule has 1 fully saturated rings. The van der Waals surface area contributed by atoms with Crippen LogP contribution in [0.5, 0.6) is 0 Å². The molecule has 20 amide bonds. The molecule has 1 rings (SSSR count). The fourth-order valence-electron chi connectivity index (χ4n) is 12.2. The Balaban J connectivity index is 3.26. The molecule has 42 heteroatoms. The van der Waals surface area contributed by atoms with Crippen molar-refractivity contribution in [1.82, 2.24) is 95.3 Å². The Labute approximate surface area is 721 Å². The highest BCUT2D eigenvalue weighted by molar-refractivity contribution is 6.04. The van der Waals surface area contributed by atoms with Gasteiger partial charge in [0.25, 0.3) is 0 Å². The van der Waals surface area contributed by atoms with E-state index in [1.807, 2.05) is 13.8 Å². The summed E-state index contributed by atoms with van der Waals surface area (Å²) in [5.74, 6) is -17.6. The van der Waals surface area contributed by atoms with Crippen LogP contribution in [0.2, 0.25) is 0 Å². The van der Waals surface area contributed by atoms with Gasteiger partial charge in [-0.15, -0.1) is 0 Å². The fraction of sp³-hybridized carbons (Fsp3) is 0.753. The maximum atomic E-state index is 14.6. The van der Waals surface area contributed by atoms with Crippen LogP contribution in [-0.2, 0) is 95.9 Å². The van der Waals surface area contributed by atoms with Gasteiger partial charge in [-0.2, -0.15) is 0 Å². The number of nitrogens with two attached hydrogens (primary N) is 2. The Bertz CT molecular complexity index is 3890. The number of nitrogens with one attached hydrogen (secondary N) is 17. The van der Waals surface area contributed by atoms with Gasteiger partial charge in [0, 0.05) is 26.3 Å². The van der Waals surface area contributed by atoms with E-state index in [1.165, 1.54) is 143 Å². The highest BCUT2D eigenvalue weighted by Gasteiger charge is 2.49. The van der Waals surface area contributed by atoms with E-state index < -0.39 is 248 Å². The van der Waals surface area contributed by atoms with Crippen molar-refractivity contribution >= 4 is 118 Å². The van der Waals surface area contributed by atoms with Crippen LogP contribution >= 0.6 is 0 Å². The van der Waals surface area contributed by atoms with E-state index >= 15 is 0 Å². The van der Waals surface area contributed by atoms with Gasteiger partial charge < -0.3 is 117 Å². The van der Waals surface area contributed by atoms with Gasteiger partial charge in [-0.1, -0.05) is 54.9 Å². The van der Waals surface area contributed by atoms with E-state index in [0.717, 1.165) is 0 Å². The molecule has 0 saturated carbocycles. The summed E-state index contributed by atoms with van der Waals surface area (Å²) in [6, 6.07) is -11.7. The Hall–Kier alpha value is -10.7. The molecular weight excluding hydrogens is 1610 g/mol. The van der Waals surface area contributed by atoms with Gasteiger partial charge in [0.1, 0.15) is 98.2 Å². The van der Waals surface area contributed by atoms with Crippen molar-refractivity contribution in [1.29, 1.82) is 0 Å². The van der Waals surface area contributed by atoms with E-state index in [-0.39, 0.29) is 62.8 Å². The molecule has 1 aliphatic rings. The molecular formula is C81H142N20O22. The molecule has 0 aromatic carbocycles. The first-order valence-corrected chi connectivity index (χ1v) is 41.4. The summed E-state index contributed by atoms with van der Waals surface area (Å²) < 4.78 is 0. The number of amides is 20. The molecule has 42 nitrogen and oxygen atoms in total. The van der Waals surface area contributed by atoms with Crippen molar-refractivity contribution in [3.05, 3.63) is 0 Å². The fourth-order valence-corrected chi connectivity index (χ4v) is 12.2. The molecule has 1 heterocycles. The zero-order valence-corrected chi connectivity index (χ0v) is 76.8. The molecule has 0 aromatic rings. The minimum absolute atomic E-state index is 0.0333. The number of carbonyl (C=O) groups excluding carboxylic acids is 20. The van der Waals surface area contributed by atoms with Crippen LogP contribution in [0, 0.1) is 17.8 Å². The number of hydrogen-bond acceptors (Lipinski definition) is 22. The second kappa shape index (κ2) is 45.6. The monoisotopic (exact) mass is 1750 g/mol. The van der Waals surface area contributed by atoms with Gasteiger partial charge in [0.05, 0.1) is 19.3 Å². The zero-order chi connectivity index (χ0) is 95.8. The average molecular weight is 1750 g/mol. The van der Waals surface area contributed by atoms with E-state index in [9.17, 15) is 106 Å². The third-order valence-electron chi connectivity index (χ3n) is 20.9. The summed E-state index contributed by atoms with van der Waals surface area (Å²) in [7, 11) is 0. The summed E-state index contributed by atoms with van der Waals surface area (Å²) in [6.07, 6.45) is -0.331. The molecule has 1 saturated heterocycles. The maximum Gasteiger partial charge on any atom is 0.248 e. The van der Waals surface area contributed by atoms with Crippen molar-refractivity contribution in [3.8, 4) is 0 Å². The molecule has 0 spiro atoms. The normalized spacial score (nSPS) is 16.1. The van der Waals surface area contributed by atoms with Crippen molar-refractivity contribution in [2.24, 2.45) is 29.2 Å². The molecule has 1 aliphatic heterocycles. The second-order valence-electron chi connectivity index (χ2n) is 37.1. The minimum atomic E-state index is -1.91. The molecule has 0 bridgehead atoms. The molecule has 0 aromatic heterocycles. The van der Waals surface area contributed by atoms with Gasteiger partial charge in [0.15, 0.2) is 0 Å². The lowest BCUT2D eigenvalue weighted by Crippen LogP contribution is -2.67. The Kier molecular flexibility index (Phi) is 40.9. The number of aliphatic hydroxyl groups excluding tert-OH is 2. The molecule has 0 unspecified atom stereocenters. The molecule has 23 N–H and O–H groups in total. The van der Waals surface area contributed by atoms with Crippen LogP contribution in [0.1, 0.15) is 251 Å². The van der Waals surface area contributed by atoms with Crippen molar-refractivity contribution in [3.63, 3.8) is 0 Å². The number of hydrogen-bond donors (Lipinski definition) is 21. The quantitative estimate of drug-likeness (QED) is 0.0276. The van der Waals surface area contributed by atoms with Gasteiger partial charge in [0.2, 0.25) is 118 Å². The van der Waals surface area contributed by atoms with Crippen molar-refractivity contribution in [2.45, 2.75) is 355 Å². The summed E-state index contributed by atoms with van der Waals surface area (Å²) in [5, 5.41) is 63.1. The van der Waals surface area contributed by atoms with Gasteiger partial charge in [-0.25, -0.2) is 0 Å². The van der Waals surface area contributed by atoms with E-state index in [2.05, 4.69) is 90.4 Å². The number of carbonyl (C=O) groups is 20. The number of rotatable bonds is 49. The number of nitrogens with zero attached hydrogens (tertiary/aromatic N) is 1. The lowest BCUT2D eigenvalue weighted by atomic mass is 9.93. The average Bonchev–Trinajstić information content (AvgIpc) is 1.69. The van der Waals surface area contributed by atoms with E-state index in [0.29, 0.717) is 12.8 Å². The van der Waals surface area contributed by atoms with Gasteiger partial charge in [-0.05, 0) is 194 Å². The third-order valence-corrected chi connectivity index (χ3v) is 20.9. The predicted molar refractivity (Wildman–Crippen MR) is 451 cm³/mol. The van der Waals surface area contributed by atoms with Crippen LogP contribution in [0.4, 0.5) is 0 Å². The van der Waals surface area contributed by atoms with Crippen LogP contribution in [0.25, 0.3) is 0 Å². The smallest absolute Gasteiger partial charge is 0.248 e. The Morgan fingerprint density at radius 1 is 0.366 bits per heavy atom. The molecule has 0 aliphatic carbocycles. The highest BCUT2D eigenvalue weighted by Crippen LogP contribution is 2.25. The van der Waals surface area contributed by atoms with Crippen molar-refractivity contribution < 1.29 is 106 Å². The molecule has 0 radical (unpaired) electrons. The zero-order valence-electron chi connectivity index (χ0n) is 76.8. The first-order valence-electron chi connectivity index (χ1n) is 41.4. The summed E-state index contributed by atoms with van der Waals surface area (Å²) in [6.45, 7) is 37.3. The number of aliphatic hydroxyl groups is 2. The van der Waals surface area contributed by atoms with Crippen LogP contribution in [0.3, 0.4) is 0 Å². The largest absolute Gasteiger partial charge is 0.394 e. The molecule has 698 valence electrons. The topological polar surface area (TPSA) is 642 Å². The predicted octanol–water partition coefficient (Wildman–Crippen LogP) is -3.99. The van der Waals surface area contributed by atoms with Crippen LogP contribution < -0.4 is 102 Å². The first-order chi connectivity index (χ1) is 56.0. The maximum absolute atomic E-state index is 14.6. The summed E-state index contributed by atoms with van der Waals surface area (Å²) >= 11 is 0. The minimum Gasteiger partial charge on any atom is -0.394 e.